The highest BCUT2D eigenvalue weighted by Crippen LogP contribution is 2.35. The summed E-state index contributed by atoms with van der Waals surface area (Å²) in [7, 11) is 0. The van der Waals surface area contributed by atoms with Gasteiger partial charge in [0, 0.05) is 38.0 Å². The van der Waals surface area contributed by atoms with E-state index in [1.807, 2.05) is 72.8 Å². The Labute approximate surface area is 357 Å². The number of nitrogens with one attached hydrogen (secondary N) is 2. The molecule has 2 saturated heterocycles. The molecule has 0 unspecified atom stereocenters. The van der Waals surface area contributed by atoms with Gasteiger partial charge in [-0.05, 0) is 81.6 Å². The van der Waals surface area contributed by atoms with Gasteiger partial charge in [-0.3, -0.25) is 0 Å². The van der Waals surface area contributed by atoms with Crippen molar-refractivity contribution >= 4 is 0 Å². The molecular formula is C50H48F6N2O4. The first kappa shape index (κ1) is 44.4. The normalized spacial score (nSPS) is 17.8. The minimum Gasteiger partial charge on any atom is -0.406 e. The van der Waals surface area contributed by atoms with Crippen LogP contribution in [0.5, 0.6) is 11.5 Å². The van der Waals surface area contributed by atoms with E-state index in [2.05, 4.69) is 56.5 Å². The summed E-state index contributed by atoms with van der Waals surface area (Å²) in [6.45, 7) is 4.62. The van der Waals surface area contributed by atoms with Gasteiger partial charge in [-0.2, -0.15) is 0 Å². The zero-order valence-electron chi connectivity index (χ0n) is 33.9. The minimum absolute atomic E-state index is 0.0479. The van der Waals surface area contributed by atoms with Crippen LogP contribution >= 0.6 is 0 Å². The molecule has 324 valence electrons. The van der Waals surface area contributed by atoms with Gasteiger partial charge in [-0.1, -0.05) is 133 Å². The van der Waals surface area contributed by atoms with Gasteiger partial charge in [0.2, 0.25) is 0 Å². The molecule has 0 aromatic heterocycles. The summed E-state index contributed by atoms with van der Waals surface area (Å²) < 4.78 is 95.0. The Bertz CT molecular complexity index is 2100. The maximum absolute atomic E-state index is 12.5. The predicted octanol–water partition coefficient (Wildman–Crippen LogP) is 11.1. The molecule has 6 aromatic rings. The second-order valence-corrected chi connectivity index (χ2v) is 15.1. The monoisotopic (exact) mass is 854 g/mol. The average molecular weight is 855 g/mol. The first-order valence-electron chi connectivity index (χ1n) is 20.6. The summed E-state index contributed by atoms with van der Waals surface area (Å²) in [4.78, 5) is 0. The highest BCUT2D eigenvalue weighted by Gasteiger charge is 2.32. The second kappa shape index (κ2) is 20.9. The lowest BCUT2D eigenvalue weighted by molar-refractivity contribution is -0.275. The third kappa shape index (κ3) is 12.7. The lowest BCUT2D eigenvalue weighted by atomic mass is 9.84. The molecule has 6 nitrogen and oxygen atoms in total. The second-order valence-electron chi connectivity index (χ2n) is 15.1. The molecule has 12 heteroatoms. The van der Waals surface area contributed by atoms with Crippen molar-refractivity contribution in [1.29, 1.82) is 0 Å². The van der Waals surface area contributed by atoms with Gasteiger partial charge in [0.1, 0.15) is 11.5 Å². The lowest BCUT2D eigenvalue weighted by Crippen LogP contribution is -2.42. The molecule has 2 aliphatic rings. The predicted molar refractivity (Wildman–Crippen MR) is 228 cm³/mol. The highest BCUT2D eigenvalue weighted by molar-refractivity contribution is 5.69. The SMILES string of the molecule is FC(F)(F)Oc1ccc(-c2ccccc2C[C@@H](c2ccccc2)[C@@H]2CNCCO2)cc1.FC(F)(F)Oc1ccc(-c2ccccc2C[C@H](c2ccccc2)[C@H]2CNCCO2)cc1. The number of hydrogen-bond acceptors (Lipinski definition) is 6. The number of hydrogen-bond donors (Lipinski definition) is 2. The Hall–Kier alpha value is -5.66. The number of morpholine rings is 2. The minimum atomic E-state index is -4.70. The van der Waals surface area contributed by atoms with E-state index in [1.54, 1.807) is 24.3 Å². The fraction of sp³-hybridized carbons (Fsp3) is 0.280. The van der Waals surface area contributed by atoms with E-state index in [1.165, 1.54) is 35.4 Å². The van der Waals surface area contributed by atoms with E-state index in [4.69, 9.17) is 9.47 Å². The van der Waals surface area contributed by atoms with Gasteiger partial charge in [-0.15, -0.1) is 26.3 Å². The summed E-state index contributed by atoms with van der Waals surface area (Å²) in [5, 5.41) is 6.82. The van der Waals surface area contributed by atoms with Crippen LogP contribution in [0.15, 0.2) is 158 Å². The summed E-state index contributed by atoms with van der Waals surface area (Å²) in [5.41, 5.74) is 8.33. The molecule has 2 N–H and O–H groups in total. The van der Waals surface area contributed by atoms with E-state index >= 15 is 0 Å². The molecule has 2 fully saturated rings. The highest BCUT2D eigenvalue weighted by atomic mass is 19.4. The van der Waals surface area contributed by atoms with Crippen LogP contribution in [0, 0.1) is 0 Å². The number of rotatable bonds is 12. The van der Waals surface area contributed by atoms with Crippen LogP contribution in [0.2, 0.25) is 0 Å². The van der Waals surface area contributed by atoms with Crippen molar-refractivity contribution in [3.63, 3.8) is 0 Å². The zero-order valence-corrected chi connectivity index (χ0v) is 33.9. The molecule has 6 aromatic carbocycles. The maximum atomic E-state index is 12.5. The van der Waals surface area contributed by atoms with E-state index in [0.29, 0.717) is 13.2 Å². The topological polar surface area (TPSA) is 61.0 Å². The largest absolute Gasteiger partial charge is 0.573 e. The quantitative estimate of drug-likeness (QED) is 0.120. The summed E-state index contributed by atoms with van der Waals surface area (Å²) >= 11 is 0. The van der Waals surface area contributed by atoms with Crippen LogP contribution in [0.4, 0.5) is 26.3 Å². The number of ether oxygens (including phenoxy) is 4. The van der Waals surface area contributed by atoms with Gasteiger partial charge in [0.05, 0.1) is 25.4 Å². The Balaban J connectivity index is 0.000000186. The standard InChI is InChI=1S/2C25H24F3NO2/c2*26-25(27,28)31-21-12-10-19(11-13-21)22-9-5-4-8-20(22)16-23(18-6-2-1-3-7-18)24-17-29-14-15-30-24/h2*1-13,23-24,29H,14-17H2/t2*23-,24-/m10/s1. The maximum Gasteiger partial charge on any atom is 0.573 e. The number of alkyl halides is 6. The Morgan fingerprint density at radius 3 is 1.16 bits per heavy atom. The smallest absolute Gasteiger partial charge is 0.406 e. The summed E-state index contributed by atoms with van der Waals surface area (Å²) in [6, 6.07) is 48.6. The van der Waals surface area contributed by atoms with Crippen molar-refractivity contribution in [2.45, 2.75) is 49.6 Å². The van der Waals surface area contributed by atoms with Crippen molar-refractivity contribution < 1.29 is 45.3 Å². The van der Waals surface area contributed by atoms with Crippen molar-refractivity contribution in [3.8, 4) is 33.8 Å². The van der Waals surface area contributed by atoms with Crippen molar-refractivity contribution in [1.82, 2.24) is 10.6 Å². The first-order chi connectivity index (χ1) is 30.0. The van der Waals surface area contributed by atoms with Crippen molar-refractivity contribution in [3.05, 3.63) is 180 Å². The molecular weight excluding hydrogens is 807 g/mol. The van der Waals surface area contributed by atoms with E-state index < -0.39 is 12.7 Å². The number of halogens is 6. The van der Waals surface area contributed by atoms with E-state index in [0.717, 1.165) is 72.4 Å². The van der Waals surface area contributed by atoms with Gasteiger partial charge < -0.3 is 29.6 Å². The average Bonchev–Trinajstić information content (AvgIpc) is 3.29. The van der Waals surface area contributed by atoms with Crippen molar-refractivity contribution in [2.75, 3.05) is 39.4 Å². The van der Waals surface area contributed by atoms with Crippen LogP contribution in [0.25, 0.3) is 22.3 Å². The fourth-order valence-electron chi connectivity index (χ4n) is 8.12. The van der Waals surface area contributed by atoms with Gasteiger partial charge in [0.25, 0.3) is 0 Å². The Morgan fingerprint density at radius 1 is 0.468 bits per heavy atom. The van der Waals surface area contributed by atoms with Crippen LogP contribution < -0.4 is 20.1 Å². The van der Waals surface area contributed by atoms with Gasteiger partial charge in [-0.25, -0.2) is 0 Å². The van der Waals surface area contributed by atoms with Gasteiger partial charge in [0.15, 0.2) is 0 Å². The Morgan fingerprint density at radius 2 is 0.823 bits per heavy atom. The summed E-state index contributed by atoms with van der Waals surface area (Å²) in [6.07, 6.45) is -7.79. The van der Waals surface area contributed by atoms with Gasteiger partial charge >= 0.3 is 12.7 Å². The molecule has 4 atom stereocenters. The number of benzene rings is 6. The molecule has 0 aliphatic carbocycles. The molecule has 8 rings (SSSR count). The van der Waals surface area contributed by atoms with Crippen molar-refractivity contribution in [2.24, 2.45) is 0 Å². The van der Waals surface area contributed by atoms with Crippen LogP contribution in [-0.4, -0.2) is 64.3 Å². The zero-order chi connectivity index (χ0) is 43.4. The molecule has 2 heterocycles. The van der Waals surface area contributed by atoms with E-state index in [-0.39, 0.29) is 35.5 Å². The molecule has 0 radical (unpaired) electrons. The molecule has 0 saturated carbocycles. The van der Waals surface area contributed by atoms with Crippen LogP contribution in [0.3, 0.4) is 0 Å². The fourth-order valence-corrected chi connectivity index (χ4v) is 8.12. The molecule has 0 amide bonds. The van der Waals surface area contributed by atoms with Crippen LogP contribution in [0.1, 0.15) is 34.1 Å². The first-order valence-corrected chi connectivity index (χ1v) is 20.6. The molecule has 0 bridgehead atoms. The molecule has 2 aliphatic heterocycles. The van der Waals surface area contributed by atoms with Crippen LogP contribution in [-0.2, 0) is 22.3 Å². The lowest BCUT2D eigenvalue weighted by Gasteiger charge is -2.32. The Kier molecular flexibility index (Phi) is 15.0. The van der Waals surface area contributed by atoms with E-state index in [9.17, 15) is 26.3 Å². The third-order valence-corrected chi connectivity index (χ3v) is 11.0. The third-order valence-electron chi connectivity index (χ3n) is 11.0. The summed E-state index contributed by atoms with van der Waals surface area (Å²) in [5.74, 6) is -0.138. The molecule has 0 spiro atoms. The molecule has 62 heavy (non-hydrogen) atoms.